The van der Waals surface area contributed by atoms with Gasteiger partial charge in [-0.05, 0) is 19.4 Å². The molecule has 0 atom stereocenters. The van der Waals surface area contributed by atoms with Crippen molar-refractivity contribution in [1.29, 1.82) is 0 Å². The van der Waals surface area contributed by atoms with Crippen LogP contribution < -0.4 is 10.5 Å². The molecule has 1 aromatic heterocycles. The molecule has 1 amide bonds. The van der Waals surface area contributed by atoms with Crippen LogP contribution in [0.3, 0.4) is 0 Å². The van der Waals surface area contributed by atoms with Crippen LogP contribution in [0, 0.1) is 0 Å². The monoisotopic (exact) mass is 413 g/mol. The highest BCUT2D eigenvalue weighted by Crippen LogP contribution is 2.31. The SMILES string of the molecule is CCOC(=O)c1c(N2CCN(C(=O)C3=CCCS3)CC2)c2ccccc2[nH]c1=O. The summed E-state index contributed by atoms with van der Waals surface area (Å²) in [6.45, 7) is 4.08. The number of H-pyrrole nitrogens is 1. The third-order valence-corrected chi connectivity index (χ3v) is 6.26. The first kappa shape index (κ1) is 19.6. The minimum absolute atomic E-state index is 0.0272. The number of carbonyl (C=O) groups excluding carboxylic acids is 2. The third-order valence-electron chi connectivity index (χ3n) is 5.17. The lowest BCUT2D eigenvalue weighted by molar-refractivity contribution is -0.126. The highest BCUT2D eigenvalue weighted by atomic mass is 32.2. The largest absolute Gasteiger partial charge is 0.462 e. The van der Waals surface area contributed by atoms with Gasteiger partial charge < -0.3 is 19.5 Å². The number of hydrogen-bond acceptors (Lipinski definition) is 6. The standard InChI is InChI=1S/C21H23N3O4S/c1-2-28-21(27)17-18(14-6-3-4-7-15(14)22-19(17)25)23-9-11-24(12-10-23)20(26)16-8-5-13-29-16/h3-4,6-8H,2,5,9-13H2,1H3,(H,22,25). The number of anilines is 1. The number of nitrogens with zero attached hydrogens (tertiary/aromatic N) is 2. The van der Waals surface area contributed by atoms with E-state index in [2.05, 4.69) is 4.98 Å². The zero-order valence-corrected chi connectivity index (χ0v) is 17.1. The number of ether oxygens (including phenoxy) is 1. The summed E-state index contributed by atoms with van der Waals surface area (Å²) in [5.74, 6) is 0.414. The van der Waals surface area contributed by atoms with E-state index in [4.69, 9.17) is 4.74 Å². The summed E-state index contributed by atoms with van der Waals surface area (Å²) in [7, 11) is 0. The van der Waals surface area contributed by atoms with E-state index in [0.29, 0.717) is 37.4 Å². The number of para-hydroxylation sites is 1. The van der Waals surface area contributed by atoms with E-state index >= 15 is 0 Å². The Morgan fingerprint density at radius 1 is 1.17 bits per heavy atom. The number of aromatic amines is 1. The van der Waals surface area contributed by atoms with Crippen LogP contribution in [0.4, 0.5) is 5.69 Å². The van der Waals surface area contributed by atoms with Gasteiger partial charge in [0.1, 0.15) is 5.56 Å². The average Bonchev–Trinajstić information content (AvgIpc) is 3.27. The van der Waals surface area contributed by atoms with E-state index in [1.807, 2.05) is 40.1 Å². The van der Waals surface area contributed by atoms with Gasteiger partial charge in [0.25, 0.3) is 11.5 Å². The Morgan fingerprint density at radius 2 is 1.93 bits per heavy atom. The van der Waals surface area contributed by atoms with Crippen molar-refractivity contribution < 1.29 is 14.3 Å². The minimum Gasteiger partial charge on any atom is -0.462 e. The number of aromatic nitrogens is 1. The van der Waals surface area contributed by atoms with Gasteiger partial charge in [0, 0.05) is 37.3 Å². The van der Waals surface area contributed by atoms with Crippen molar-refractivity contribution >= 4 is 40.2 Å². The molecule has 29 heavy (non-hydrogen) atoms. The molecule has 2 aromatic rings. The van der Waals surface area contributed by atoms with Gasteiger partial charge in [-0.2, -0.15) is 0 Å². The van der Waals surface area contributed by atoms with Gasteiger partial charge in [-0.3, -0.25) is 9.59 Å². The first-order valence-electron chi connectivity index (χ1n) is 9.79. The number of thioether (sulfide) groups is 1. The maximum absolute atomic E-state index is 12.7. The lowest BCUT2D eigenvalue weighted by Gasteiger charge is -2.37. The van der Waals surface area contributed by atoms with E-state index < -0.39 is 11.5 Å². The van der Waals surface area contributed by atoms with Crippen LogP contribution in [0.5, 0.6) is 0 Å². The second-order valence-corrected chi connectivity index (χ2v) is 8.07. The lowest BCUT2D eigenvalue weighted by Crippen LogP contribution is -2.49. The first-order valence-corrected chi connectivity index (χ1v) is 10.8. The Labute approximate surface area is 172 Å². The Morgan fingerprint density at radius 3 is 2.62 bits per heavy atom. The Bertz CT molecular complexity index is 1040. The maximum Gasteiger partial charge on any atom is 0.345 e. The average molecular weight is 413 g/mol. The van der Waals surface area contributed by atoms with Crippen LogP contribution in [0.2, 0.25) is 0 Å². The molecule has 0 spiro atoms. The molecule has 7 nitrogen and oxygen atoms in total. The highest BCUT2D eigenvalue weighted by molar-refractivity contribution is 8.04. The fraction of sp³-hybridized carbons (Fsp3) is 0.381. The van der Waals surface area contributed by atoms with Crippen molar-refractivity contribution in [2.24, 2.45) is 0 Å². The molecule has 8 heteroatoms. The van der Waals surface area contributed by atoms with Crippen molar-refractivity contribution in [3.05, 3.63) is 51.2 Å². The van der Waals surface area contributed by atoms with Crippen LogP contribution in [-0.2, 0) is 9.53 Å². The normalized spacial score (nSPS) is 16.8. The number of fused-ring (bicyclic) bond motifs is 1. The van der Waals surface area contributed by atoms with Crippen molar-refractivity contribution in [2.75, 3.05) is 43.4 Å². The zero-order valence-electron chi connectivity index (χ0n) is 16.3. The molecule has 152 valence electrons. The second-order valence-electron chi connectivity index (χ2n) is 6.93. The minimum atomic E-state index is -0.625. The molecule has 2 aliphatic rings. The van der Waals surface area contributed by atoms with Gasteiger partial charge >= 0.3 is 5.97 Å². The van der Waals surface area contributed by atoms with E-state index in [1.54, 1.807) is 18.7 Å². The molecule has 0 aliphatic carbocycles. The number of benzene rings is 1. The summed E-state index contributed by atoms with van der Waals surface area (Å²) < 4.78 is 5.16. The quantitative estimate of drug-likeness (QED) is 0.775. The summed E-state index contributed by atoms with van der Waals surface area (Å²) in [6.07, 6.45) is 2.94. The fourth-order valence-electron chi connectivity index (χ4n) is 3.80. The summed E-state index contributed by atoms with van der Waals surface area (Å²) >= 11 is 1.61. The number of carbonyl (C=O) groups is 2. The van der Waals surface area contributed by atoms with Crippen LogP contribution in [0.1, 0.15) is 23.7 Å². The molecule has 3 heterocycles. The Balaban J connectivity index is 1.66. The van der Waals surface area contributed by atoms with Gasteiger partial charge in [-0.1, -0.05) is 24.3 Å². The van der Waals surface area contributed by atoms with Crippen molar-refractivity contribution in [3.63, 3.8) is 0 Å². The first-order chi connectivity index (χ1) is 14.1. The van der Waals surface area contributed by atoms with Crippen molar-refractivity contribution in [1.82, 2.24) is 9.88 Å². The van der Waals surface area contributed by atoms with Crippen LogP contribution in [0.15, 0.2) is 40.0 Å². The van der Waals surface area contributed by atoms with E-state index in [1.165, 1.54) is 0 Å². The fourth-order valence-corrected chi connectivity index (χ4v) is 4.75. The van der Waals surface area contributed by atoms with Gasteiger partial charge in [-0.15, -0.1) is 11.8 Å². The van der Waals surface area contributed by atoms with Crippen molar-refractivity contribution in [2.45, 2.75) is 13.3 Å². The topological polar surface area (TPSA) is 82.7 Å². The molecule has 2 aliphatic heterocycles. The van der Waals surface area contributed by atoms with Crippen LogP contribution in [0.25, 0.3) is 10.9 Å². The molecule has 1 N–H and O–H groups in total. The highest BCUT2D eigenvalue weighted by Gasteiger charge is 2.29. The number of amides is 1. The molecular weight excluding hydrogens is 390 g/mol. The predicted molar refractivity (Wildman–Crippen MR) is 114 cm³/mol. The van der Waals surface area contributed by atoms with E-state index in [9.17, 15) is 14.4 Å². The Hall–Kier alpha value is -2.74. The summed E-state index contributed by atoms with van der Waals surface area (Å²) in [5.41, 5.74) is 0.832. The smallest absolute Gasteiger partial charge is 0.345 e. The second kappa shape index (κ2) is 8.32. The lowest BCUT2D eigenvalue weighted by atomic mass is 10.1. The maximum atomic E-state index is 12.7. The molecule has 1 aromatic carbocycles. The zero-order chi connectivity index (χ0) is 20.4. The molecule has 4 rings (SSSR count). The molecule has 1 saturated heterocycles. The number of esters is 1. The van der Waals surface area contributed by atoms with Gasteiger partial charge in [0.15, 0.2) is 0 Å². The number of allylic oxidation sites excluding steroid dienone is 1. The van der Waals surface area contributed by atoms with Crippen molar-refractivity contribution in [3.8, 4) is 0 Å². The summed E-state index contributed by atoms with van der Waals surface area (Å²) in [5, 5.41) is 0.795. The number of nitrogens with one attached hydrogen (secondary N) is 1. The molecule has 0 saturated carbocycles. The summed E-state index contributed by atoms with van der Waals surface area (Å²) in [4.78, 5) is 45.4. The predicted octanol–water partition coefficient (Wildman–Crippen LogP) is 2.37. The van der Waals surface area contributed by atoms with Gasteiger partial charge in [-0.25, -0.2) is 4.79 Å². The van der Waals surface area contributed by atoms with Gasteiger partial charge in [0.2, 0.25) is 0 Å². The third kappa shape index (κ3) is 3.76. The van der Waals surface area contributed by atoms with Crippen LogP contribution in [-0.4, -0.2) is 60.3 Å². The number of piperazine rings is 1. The van der Waals surface area contributed by atoms with E-state index in [-0.39, 0.29) is 18.1 Å². The van der Waals surface area contributed by atoms with E-state index in [0.717, 1.165) is 22.5 Å². The molecule has 0 radical (unpaired) electrons. The molecule has 0 bridgehead atoms. The molecule has 0 unspecified atom stereocenters. The number of pyridine rings is 1. The molecular formula is C21H23N3O4S. The number of rotatable bonds is 4. The molecule has 1 fully saturated rings. The number of hydrogen-bond donors (Lipinski definition) is 1. The summed E-state index contributed by atoms with van der Waals surface area (Å²) in [6, 6.07) is 7.43. The van der Waals surface area contributed by atoms with Crippen LogP contribution >= 0.6 is 11.8 Å². The Kier molecular flexibility index (Phi) is 5.62. The van der Waals surface area contributed by atoms with Gasteiger partial charge in [0.05, 0.1) is 22.7 Å².